The Morgan fingerprint density at radius 1 is 1.43 bits per heavy atom. The van der Waals surface area contributed by atoms with Gasteiger partial charge in [0, 0.05) is 19.7 Å². The summed E-state index contributed by atoms with van der Waals surface area (Å²) >= 11 is 0. The van der Waals surface area contributed by atoms with Gasteiger partial charge < -0.3 is 13.8 Å². The van der Waals surface area contributed by atoms with E-state index in [0.29, 0.717) is 36.3 Å². The van der Waals surface area contributed by atoms with Gasteiger partial charge in [-0.1, -0.05) is 10.3 Å². The van der Waals surface area contributed by atoms with Gasteiger partial charge in [-0.25, -0.2) is 0 Å². The van der Waals surface area contributed by atoms with Crippen LogP contribution in [0.1, 0.15) is 29.9 Å². The third-order valence-corrected chi connectivity index (χ3v) is 3.76. The highest BCUT2D eigenvalue weighted by atomic mass is 16.5. The van der Waals surface area contributed by atoms with Crippen LogP contribution in [-0.2, 0) is 9.53 Å². The van der Waals surface area contributed by atoms with Crippen molar-refractivity contribution in [3.05, 3.63) is 23.5 Å². The van der Waals surface area contributed by atoms with Gasteiger partial charge in [-0.3, -0.25) is 15.0 Å². The second-order valence-corrected chi connectivity index (χ2v) is 5.60. The minimum absolute atomic E-state index is 0.0209. The first kappa shape index (κ1) is 15.6. The van der Waals surface area contributed by atoms with Gasteiger partial charge in [-0.15, -0.1) is 0 Å². The first-order valence-electron chi connectivity index (χ1n) is 7.35. The first-order chi connectivity index (χ1) is 11.0. The molecule has 0 spiro atoms. The molecule has 124 valence electrons. The van der Waals surface area contributed by atoms with E-state index in [1.807, 2.05) is 4.90 Å². The number of anilines is 1. The summed E-state index contributed by atoms with van der Waals surface area (Å²) in [5.74, 6) is 1.21. The topological polar surface area (TPSA) is 107 Å². The standard InChI is InChI=1S/C14H19N5O4/c1-8-4-13(22-17-8)16-12(20)7-19-6-10(21-3)5-11(19)14-15-9(2)18-23-14/h4,10-11H,5-7H2,1-3H3,(H,16,20)/t10-,11+/m0/s1. The Hall–Kier alpha value is -2.26. The number of nitrogens with one attached hydrogen (secondary N) is 1. The van der Waals surface area contributed by atoms with Crippen molar-refractivity contribution in [2.24, 2.45) is 0 Å². The van der Waals surface area contributed by atoms with E-state index < -0.39 is 0 Å². The van der Waals surface area contributed by atoms with Crippen molar-refractivity contribution in [3.63, 3.8) is 0 Å². The Balaban J connectivity index is 1.67. The Bertz CT molecular complexity index is 682. The van der Waals surface area contributed by atoms with Crippen LogP contribution < -0.4 is 5.32 Å². The van der Waals surface area contributed by atoms with Crippen LogP contribution in [-0.4, -0.2) is 52.4 Å². The van der Waals surface area contributed by atoms with Crippen LogP contribution in [0.15, 0.2) is 15.1 Å². The van der Waals surface area contributed by atoms with Crippen LogP contribution in [0.25, 0.3) is 0 Å². The van der Waals surface area contributed by atoms with Crippen molar-refractivity contribution < 1.29 is 18.6 Å². The minimum atomic E-state index is -0.195. The molecule has 3 rings (SSSR count). The largest absolute Gasteiger partial charge is 0.380 e. The summed E-state index contributed by atoms with van der Waals surface area (Å²) in [6, 6.07) is 1.53. The number of amides is 1. The summed E-state index contributed by atoms with van der Waals surface area (Å²) in [6.07, 6.45) is 0.722. The van der Waals surface area contributed by atoms with Gasteiger partial charge in [0.2, 0.25) is 17.7 Å². The SMILES string of the molecule is CO[C@H]1C[C@H](c2nc(C)no2)N(CC(=O)Nc2cc(C)no2)C1. The summed E-state index contributed by atoms with van der Waals surface area (Å²) in [6.45, 7) is 4.34. The molecule has 1 aliphatic rings. The van der Waals surface area contributed by atoms with Crippen LogP contribution in [0.3, 0.4) is 0 Å². The molecule has 0 aliphatic carbocycles. The molecule has 2 aromatic rings. The molecule has 1 N–H and O–H groups in total. The Labute approximate surface area is 133 Å². The summed E-state index contributed by atoms with van der Waals surface area (Å²) in [5.41, 5.74) is 0.708. The molecule has 9 nitrogen and oxygen atoms in total. The average Bonchev–Trinajstić information content (AvgIpc) is 3.20. The van der Waals surface area contributed by atoms with Crippen LogP contribution in [0, 0.1) is 13.8 Å². The number of carbonyl (C=O) groups excluding carboxylic acids is 1. The smallest absolute Gasteiger partial charge is 0.244 e. The van der Waals surface area contributed by atoms with E-state index in [0.717, 1.165) is 0 Å². The molecule has 9 heteroatoms. The molecule has 0 bridgehead atoms. The molecule has 0 radical (unpaired) electrons. The van der Waals surface area contributed by atoms with Gasteiger partial charge in [0.05, 0.1) is 24.4 Å². The number of aryl methyl sites for hydroxylation is 2. The van der Waals surface area contributed by atoms with E-state index in [-0.39, 0.29) is 24.6 Å². The van der Waals surface area contributed by atoms with E-state index in [1.165, 1.54) is 0 Å². The molecule has 23 heavy (non-hydrogen) atoms. The molecule has 3 heterocycles. The van der Waals surface area contributed by atoms with Crippen molar-refractivity contribution in [3.8, 4) is 0 Å². The second kappa shape index (κ2) is 6.47. The van der Waals surface area contributed by atoms with Crippen LogP contribution in [0.2, 0.25) is 0 Å². The summed E-state index contributed by atoms with van der Waals surface area (Å²) in [4.78, 5) is 18.4. The normalized spacial score (nSPS) is 21.7. The highest BCUT2D eigenvalue weighted by molar-refractivity contribution is 5.91. The molecule has 1 amide bonds. The maximum atomic E-state index is 12.2. The Morgan fingerprint density at radius 3 is 2.87 bits per heavy atom. The monoisotopic (exact) mass is 321 g/mol. The molecular weight excluding hydrogens is 302 g/mol. The number of carbonyl (C=O) groups is 1. The molecule has 0 aromatic carbocycles. The average molecular weight is 321 g/mol. The number of aromatic nitrogens is 3. The molecule has 2 aromatic heterocycles. The highest BCUT2D eigenvalue weighted by Gasteiger charge is 2.37. The van der Waals surface area contributed by atoms with Crippen LogP contribution >= 0.6 is 0 Å². The predicted molar refractivity (Wildman–Crippen MR) is 78.6 cm³/mol. The van der Waals surface area contributed by atoms with Gasteiger partial charge in [-0.2, -0.15) is 4.98 Å². The maximum Gasteiger partial charge on any atom is 0.244 e. The van der Waals surface area contributed by atoms with Crippen LogP contribution in [0.4, 0.5) is 5.88 Å². The zero-order valence-electron chi connectivity index (χ0n) is 13.3. The van der Waals surface area contributed by atoms with E-state index in [1.54, 1.807) is 27.0 Å². The second-order valence-electron chi connectivity index (χ2n) is 5.60. The van der Waals surface area contributed by atoms with Gasteiger partial charge >= 0.3 is 0 Å². The summed E-state index contributed by atoms with van der Waals surface area (Å²) in [7, 11) is 1.65. The molecule has 1 fully saturated rings. The number of likely N-dealkylation sites (tertiary alicyclic amines) is 1. The number of rotatable bonds is 5. The van der Waals surface area contributed by atoms with Gasteiger partial charge in [0.25, 0.3) is 0 Å². The zero-order chi connectivity index (χ0) is 16.4. The number of hydrogen-bond acceptors (Lipinski definition) is 8. The van der Waals surface area contributed by atoms with Crippen molar-refractivity contribution in [2.75, 3.05) is 25.5 Å². The quantitative estimate of drug-likeness (QED) is 0.871. The molecular formula is C14H19N5O4. The van der Waals surface area contributed by atoms with Crippen molar-refractivity contribution in [1.29, 1.82) is 0 Å². The lowest BCUT2D eigenvalue weighted by Crippen LogP contribution is -2.34. The van der Waals surface area contributed by atoms with Gasteiger partial charge in [-0.05, 0) is 20.3 Å². The Morgan fingerprint density at radius 2 is 2.26 bits per heavy atom. The van der Waals surface area contributed by atoms with Crippen molar-refractivity contribution in [1.82, 2.24) is 20.2 Å². The fourth-order valence-corrected chi connectivity index (χ4v) is 2.70. The molecule has 2 atom stereocenters. The molecule has 0 unspecified atom stereocenters. The third-order valence-electron chi connectivity index (χ3n) is 3.76. The van der Waals surface area contributed by atoms with E-state index in [2.05, 4.69) is 20.6 Å². The number of hydrogen-bond donors (Lipinski definition) is 1. The number of nitrogens with zero attached hydrogens (tertiary/aromatic N) is 4. The molecule has 1 saturated heterocycles. The summed E-state index contributed by atoms with van der Waals surface area (Å²) in [5, 5.41) is 10.2. The first-order valence-corrected chi connectivity index (χ1v) is 7.35. The van der Waals surface area contributed by atoms with E-state index >= 15 is 0 Å². The highest BCUT2D eigenvalue weighted by Crippen LogP contribution is 2.32. The van der Waals surface area contributed by atoms with E-state index in [4.69, 9.17) is 13.8 Å². The zero-order valence-corrected chi connectivity index (χ0v) is 13.3. The third kappa shape index (κ3) is 3.57. The maximum absolute atomic E-state index is 12.2. The fraction of sp³-hybridized carbons (Fsp3) is 0.571. The van der Waals surface area contributed by atoms with Crippen molar-refractivity contribution >= 4 is 11.8 Å². The van der Waals surface area contributed by atoms with Crippen LogP contribution in [0.5, 0.6) is 0 Å². The predicted octanol–water partition coefficient (Wildman–Crippen LogP) is 1.07. The number of ether oxygens (including phenoxy) is 1. The van der Waals surface area contributed by atoms with Gasteiger partial charge in [0.15, 0.2) is 5.82 Å². The lowest BCUT2D eigenvalue weighted by Gasteiger charge is -2.19. The lowest BCUT2D eigenvalue weighted by molar-refractivity contribution is -0.117. The number of methoxy groups -OCH3 is 1. The Kier molecular flexibility index (Phi) is 4.39. The molecule has 0 saturated carbocycles. The lowest BCUT2D eigenvalue weighted by atomic mass is 10.2. The van der Waals surface area contributed by atoms with Gasteiger partial charge in [0.1, 0.15) is 0 Å². The fourth-order valence-electron chi connectivity index (χ4n) is 2.70. The minimum Gasteiger partial charge on any atom is -0.380 e. The summed E-state index contributed by atoms with van der Waals surface area (Å²) < 4.78 is 15.7. The molecule has 1 aliphatic heterocycles. The van der Waals surface area contributed by atoms with E-state index in [9.17, 15) is 4.79 Å². The van der Waals surface area contributed by atoms with Crippen molar-refractivity contribution in [2.45, 2.75) is 32.4 Å².